The van der Waals surface area contributed by atoms with Gasteiger partial charge in [0.05, 0.1) is 24.3 Å². The number of rotatable bonds is 12. The van der Waals surface area contributed by atoms with Crippen molar-refractivity contribution in [3.05, 3.63) is 34.4 Å². The number of ether oxygens (including phenoxy) is 2. The molecule has 0 aromatic heterocycles. The van der Waals surface area contributed by atoms with Crippen molar-refractivity contribution in [3.63, 3.8) is 0 Å². The van der Waals surface area contributed by atoms with Crippen molar-refractivity contribution >= 4 is 11.9 Å². The molecule has 28 heavy (non-hydrogen) atoms. The van der Waals surface area contributed by atoms with Gasteiger partial charge >= 0.3 is 11.9 Å². The van der Waals surface area contributed by atoms with Crippen LogP contribution in [0.3, 0.4) is 0 Å². The first kappa shape index (κ1) is 24.2. The van der Waals surface area contributed by atoms with Gasteiger partial charge in [0.1, 0.15) is 0 Å². The first-order chi connectivity index (χ1) is 13.3. The largest absolute Gasteiger partial charge is 0.462 e. The van der Waals surface area contributed by atoms with E-state index in [0.29, 0.717) is 36.2 Å². The number of unbranched alkanes of at least 4 members (excludes halogenated alkanes) is 2. The van der Waals surface area contributed by atoms with Crippen molar-refractivity contribution in [2.45, 2.75) is 80.1 Å². The van der Waals surface area contributed by atoms with Crippen LogP contribution in [0.5, 0.6) is 0 Å². The van der Waals surface area contributed by atoms with Gasteiger partial charge in [0.25, 0.3) is 0 Å². The predicted octanol–water partition coefficient (Wildman–Crippen LogP) is 6.27. The van der Waals surface area contributed by atoms with Crippen LogP contribution < -0.4 is 0 Å². The van der Waals surface area contributed by atoms with Crippen molar-refractivity contribution < 1.29 is 19.1 Å². The molecule has 2 unspecified atom stereocenters. The van der Waals surface area contributed by atoms with Gasteiger partial charge in [0, 0.05) is 0 Å². The molecule has 0 aliphatic rings. The lowest BCUT2D eigenvalue weighted by atomic mass is 9.99. The van der Waals surface area contributed by atoms with E-state index in [1.165, 1.54) is 0 Å². The minimum absolute atomic E-state index is 0.322. The highest BCUT2D eigenvalue weighted by Crippen LogP contribution is 2.20. The highest BCUT2D eigenvalue weighted by molar-refractivity contribution is 5.96. The van der Waals surface area contributed by atoms with E-state index in [1.807, 2.05) is 13.8 Å². The van der Waals surface area contributed by atoms with Gasteiger partial charge in [0.15, 0.2) is 0 Å². The normalized spacial score (nSPS) is 13.1. The van der Waals surface area contributed by atoms with E-state index < -0.39 is 0 Å². The van der Waals surface area contributed by atoms with Gasteiger partial charge in [-0.2, -0.15) is 0 Å². The van der Waals surface area contributed by atoms with Crippen LogP contribution in [0.2, 0.25) is 0 Å². The van der Waals surface area contributed by atoms with Crippen LogP contribution >= 0.6 is 0 Å². The molecular weight excluding hydrogens is 352 g/mol. The van der Waals surface area contributed by atoms with Crippen LogP contribution in [0.15, 0.2) is 12.1 Å². The molecule has 0 fully saturated rings. The standard InChI is InChI=1S/C24H38O4/c1-7-9-11-17(3)15-27-23(25)21-13-20(6)22(14-19(21)5)24(26)28-16-18(4)12-10-8-2/h13-14,17-18H,7-12,15-16H2,1-6H3. The molecule has 0 radical (unpaired) electrons. The van der Waals surface area contributed by atoms with E-state index in [0.717, 1.165) is 49.7 Å². The summed E-state index contributed by atoms with van der Waals surface area (Å²) in [5.41, 5.74) is 2.52. The molecule has 1 rings (SSSR count). The lowest BCUT2D eigenvalue weighted by molar-refractivity contribution is 0.0427. The number of hydrogen-bond donors (Lipinski definition) is 0. The van der Waals surface area contributed by atoms with Crippen LogP contribution in [0.4, 0.5) is 0 Å². The Morgan fingerprint density at radius 3 is 1.46 bits per heavy atom. The fourth-order valence-corrected chi connectivity index (χ4v) is 3.12. The first-order valence-corrected chi connectivity index (χ1v) is 10.8. The minimum Gasteiger partial charge on any atom is -0.462 e. The third-order valence-corrected chi connectivity index (χ3v) is 5.11. The molecule has 0 aliphatic carbocycles. The molecule has 0 N–H and O–H groups in total. The van der Waals surface area contributed by atoms with Crippen LogP contribution in [0.1, 0.15) is 98.1 Å². The summed E-state index contributed by atoms with van der Waals surface area (Å²) in [6.45, 7) is 13.0. The summed E-state index contributed by atoms with van der Waals surface area (Å²) < 4.78 is 11.0. The Kier molecular flexibility index (Phi) is 10.9. The van der Waals surface area contributed by atoms with Gasteiger partial charge in [-0.3, -0.25) is 0 Å². The smallest absolute Gasteiger partial charge is 0.338 e. The van der Waals surface area contributed by atoms with Crippen molar-refractivity contribution in [3.8, 4) is 0 Å². The van der Waals surface area contributed by atoms with Crippen molar-refractivity contribution in [1.82, 2.24) is 0 Å². The molecule has 0 spiro atoms. The van der Waals surface area contributed by atoms with Gasteiger partial charge in [-0.15, -0.1) is 0 Å². The second kappa shape index (κ2) is 12.6. The average Bonchev–Trinajstić information content (AvgIpc) is 2.68. The van der Waals surface area contributed by atoms with Crippen LogP contribution in [-0.2, 0) is 9.47 Å². The molecule has 4 nitrogen and oxygen atoms in total. The maximum atomic E-state index is 12.5. The summed E-state index contributed by atoms with van der Waals surface area (Å²) in [6, 6.07) is 3.48. The third kappa shape index (κ3) is 8.04. The SMILES string of the molecule is CCCCC(C)COC(=O)c1cc(C)c(C(=O)OCC(C)CCCC)cc1C. The number of carbonyl (C=O) groups excluding carboxylic acids is 2. The molecule has 0 amide bonds. The highest BCUT2D eigenvalue weighted by Gasteiger charge is 2.18. The minimum atomic E-state index is -0.322. The van der Waals surface area contributed by atoms with Gasteiger partial charge in [-0.1, -0.05) is 53.4 Å². The van der Waals surface area contributed by atoms with E-state index in [2.05, 4.69) is 27.7 Å². The molecule has 1 aromatic rings. The van der Waals surface area contributed by atoms with E-state index in [1.54, 1.807) is 12.1 Å². The monoisotopic (exact) mass is 390 g/mol. The summed E-state index contributed by atoms with van der Waals surface area (Å²) >= 11 is 0. The predicted molar refractivity (Wildman–Crippen MR) is 114 cm³/mol. The van der Waals surface area contributed by atoms with E-state index in [-0.39, 0.29) is 11.9 Å². The molecule has 158 valence electrons. The van der Waals surface area contributed by atoms with Crippen LogP contribution in [-0.4, -0.2) is 25.2 Å². The quantitative estimate of drug-likeness (QED) is 0.395. The Morgan fingerprint density at radius 2 is 1.14 bits per heavy atom. The van der Waals surface area contributed by atoms with E-state index in [4.69, 9.17) is 9.47 Å². The maximum Gasteiger partial charge on any atom is 0.338 e. The zero-order chi connectivity index (χ0) is 21.1. The molecular formula is C24H38O4. The summed E-state index contributed by atoms with van der Waals surface area (Å²) in [4.78, 5) is 24.9. The highest BCUT2D eigenvalue weighted by atomic mass is 16.5. The lowest BCUT2D eigenvalue weighted by Gasteiger charge is -2.15. The zero-order valence-corrected chi connectivity index (χ0v) is 18.6. The number of aryl methyl sites for hydroxylation is 2. The number of esters is 2. The van der Waals surface area contributed by atoms with Gasteiger partial charge in [-0.25, -0.2) is 9.59 Å². The zero-order valence-electron chi connectivity index (χ0n) is 18.6. The van der Waals surface area contributed by atoms with Gasteiger partial charge in [0.2, 0.25) is 0 Å². The lowest BCUT2D eigenvalue weighted by Crippen LogP contribution is -2.16. The molecule has 0 saturated heterocycles. The molecule has 0 bridgehead atoms. The van der Waals surface area contributed by atoms with Crippen molar-refractivity contribution in [2.75, 3.05) is 13.2 Å². The Morgan fingerprint density at radius 1 is 0.786 bits per heavy atom. The summed E-state index contributed by atoms with van der Waals surface area (Å²) in [6.07, 6.45) is 6.69. The van der Waals surface area contributed by atoms with Gasteiger partial charge in [-0.05, 0) is 61.8 Å². The molecule has 1 aromatic carbocycles. The second-order valence-corrected chi connectivity index (χ2v) is 8.17. The Labute approximate surface area is 171 Å². The fraction of sp³-hybridized carbons (Fsp3) is 0.667. The number of benzene rings is 1. The van der Waals surface area contributed by atoms with E-state index >= 15 is 0 Å². The second-order valence-electron chi connectivity index (χ2n) is 8.17. The van der Waals surface area contributed by atoms with Crippen LogP contribution in [0, 0.1) is 25.7 Å². The Balaban J connectivity index is 2.70. The van der Waals surface area contributed by atoms with Crippen molar-refractivity contribution in [2.24, 2.45) is 11.8 Å². The summed E-state index contributed by atoms with van der Waals surface area (Å²) in [7, 11) is 0. The summed E-state index contributed by atoms with van der Waals surface area (Å²) in [5.74, 6) is 0.0672. The Hall–Kier alpha value is -1.84. The molecule has 0 aliphatic heterocycles. The summed E-state index contributed by atoms with van der Waals surface area (Å²) in [5, 5.41) is 0. The topological polar surface area (TPSA) is 52.6 Å². The molecule has 0 heterocycles. The van der Waals surface area contributed by atoms with Crippen molar-refractivity contribution in [1.29, 1.82) is 0 Å². The first-order valence-electron chi connectivity index (χ1n) is 10.8. The van der Waals surface area contributed by atoms with Crippen LogP contribution in [0.25, 0.3) is 0 Å². The fourth-order valence-electron chi connectivity index (χ4n) is 3.12. The number of carbonyl (C=O) groups is 2. The number of hydrogen-bond acceptors (Lipinski definition) is 4. The molecule has 2 atom stereocenters. The van der Waals surface area contributed by atoms with Gasteiger partial charge < -0.3 is 9.47 Å². The van der Waals surface area contributed by atoms with E-state index in [9.17, 15) is 9.59 Å². The molecule has 4 heteroatoms. The molecule has 0 saturated carbocycles. The Bertz CT molecular complexity index is 580. The third-order valence-electron chi connectivity index (χ3n) is 5.11. The maximum absolute atomic E-state index is 12.5. The average molecular weight is 391 g/mol.